The van der Waals surface area contributed by atoms with Crippen LogP contribution in [0.15, 0.2) is 18.2 Å². The number of carbonyl (C=O) groups excluding carboxylic acids is 2. The van der Waals surface area contributed by atoms with Crippen molar-refractivity contribution in [3.05, 3.63) is 29.6 Å². The molecule has 1 aromatic carbocycles. The first-order valence-corrected chi connectivity index (χ1v) is 5.47. The summed E-state index contributed by atoms with van der Waals surface area (Å²) in [6.07, 6.45) is 0. The van der Waals surface area contributed by atoms with E-state index in [1.54, 1.807) is 0 Å². The highest BCUT2D eigenvalue weighted by Gasteiger charge is 2.14. The molecule has 18 heavy (non-hydrogen) atoms. The number of esters is 1. The fourth-order valence-electron chi connectivity index (χ4n) is 1.34. The van der Waals surface area contributed by atoms with Crippen LogP contribution in [0, 0.1) is 5.82 Å². The molecule has 0 heterocycles. The van der Waals surface area contributed by atoms with Crippen molar-refractivity contribution < 1.29 is 18.7 Å². The quantitative estimate of drug-likeness (QED) is 0.774. The lowest BCUT2D eigenvalue weighted by Crippen LogP contribution is -2.28. The third-order valence-corrected chi connectivity index (χ3v) is 2.20. The molecule has 0 unspecified atom stereocenters. The van der Waals surface area contributed by atoms with Gasteiger partial charge >= 0.3 is 5.97 Å². The highest BCUT2D eigenvalue weighted by atomic mass is 19.1. The number of amides is 1. The van der Waals surface area contributed by atoms with E-state index in [0.717, 1.165) is 12.1 Å². The second kappa shape index (κ2) is 6.70. The SMILES string of the molecule is CCNCC(=O)Nc1ccc(F)cc1C(=O)OC. The summed E-state index contributed by atoms with van der Waals surface area (Å²) in [5.74, 6) is -1.58. The van der Waals surface area contributed by atoms with Crippen molar-refractivity contribution in [2.75, 3.05) is 25.5 Å². The van der Waals surface area contributed by atoms with Gasteiger partial charge in [-0.1, -0.05) is 6.92 Å². The van der Waals surface area contributed by atoms with Gasteiger partial charge in [-0.05, 0) is 24.7 Å². The first kappa shape index (κ1) is 14.1. The zero-order valence-corrected chi connectivity index (χ0v) is 10.2. The Balaban J connectivity index is 2.87. The molecule has 0 spiro atoms. The van der Waals surface area contributed by atoms with Gasteiger partial charge in [0.15, 0.2) is 0 Å². The minimum absolute atomic E-state index is 0.0117. The van der Waals surface area contributed by atoms with Gasteiger partial charge in [-0.2, -0.15) is 0 Å². The lowest BCUT2D eigenvalue weighted by molar-refractivity contribution is -0.115. The van der Waals surface area contributed by atoms with Crippen LogP contribution >= 0.6 is 0 Å². The molecule has 0 aromatic heterocycles. The maximum atomic E-state index is 13.1. The first-order valence-electron chi connectivity index (χ1n) is 5.47. The number of nitrogens with one attached hydrogen (secondary N) is 2. The Morgan fingerprint density at radius 1 is 1.39 bits per heavy atom. The van der Waals surface area contributed by atoms with Gasteiger partial charge in [0, 0.05) is 0 Å². The average molecular weight is 254 g/mol. The summed E-state index contributed by atoms with van der Waals surface area (Å²) >= 11 is 0. The number of rotatable bonds is 5. The van der Waals surface area contributed by atoms with Crippen LogP contribution in [0.2, 0.25) is 0 Å². The second-order valence-corrected chi connectivity index (χ2v) is 3.51. The van der Waals surface area contributed by atoms with Gasteiger partial charge in [0.2, 0.25) is 5.91 Å². The molecule has 2 N–H and O–H groups in total. The Hall–Kier alpha value is -1.95. The van der Waals surface area contributed by atoms with Crippen molar-refractivity contribution in [3.63, 3.8) is 0 Å². The van der Waals surface area contributed by atoms with E-state index < -0.39 is 11.8 Å². The van der Waals surface area contributed by atoms with Crippen LogP contribution in [0.1, 0.15) is 17.3 Å². The van der Waals surface area contributed by atoms with Crippen molar-refractivity contribution in [1.82, 2.24) is 5.32 Å². The zero-order chi connectivity index (χ0) is 13.5. The molecule has 5 nitrogen and oxygen atoms in total. The predicted octanol–water partition coefficient (Wildman–Crippen LogP) is 1.16. The summed E-state index contributed by atoms with van der Waals surface area (Å²) < 4.78 is 17.6. The van der Waals surface area contributed by atoms with Gasteiger partial charge in [-0.25, -0.2) is 9.18 Å². The minimum atomic E-state index is -0.701. The largest absolute Gasteiger partial charge is 0.465 e. The Morgan fingerprint density at radius 3 is 2.72 bits per heavy atom. The second-order valence-electron chi connectivity index (χ2n) is 3.51. The number of benzene rings is 1. The summed E-state index contributed by atoms with van der Waals surface area (Å²) in [5, 5.41) is 5.36. The molecule has 0 saturated heterocycles. The van der Waals surface area contributed by atoms with Crippen LogP contribution in [0.4, 0.5) is 10.1 Å². The monoisotopic (exact) mass is 254 g/mol. The number of methoxy groups -OCH3 is 1. The number of ether oxygens (including phenoxy) is 1. The lowest BCUT2D eigenvalue weighted by atomic mass is 10.1. The zero-order valence-electron chi connectivity index (χ0n) is 10.2. The molecule has 0 atom stereocenters. The van der Waals surface area contributed by atoms with Crippen molar-refractivity contribution >= 4 is 17.6 Å². The minimum Gasteiger partial charge on any atom is -0.465 e. The fraction of sp³-hybridized carbons (Fsp3) is 0.333. The Labute approximate surface area is 104 Å². The van der Waals surface area contributed by atoms with E-state index in [4.69, 9.17) is 0 Å². The molecule has 0 fully saturated rings. The summed E-state index contributed by atoms with van der Waals surface area (Å²) in [4.78, 5) is 22.9. The Morgan fingerprint density at radius 2 is 2.11 bits per heavy atom. The van der Waals surface area contributed by atoms with E-state index in [1.807, 2.05) is 6.92 Å². The van der Waals surface area contributed by atoms with E-state index in [9.17, 15) is 14.0 Å². The fourth-order valence-corrected chi connectivity index (χ4v) is 1.34. The van der Waals surface area contributed by atoms with Crippen LogP contribution in [-0.4, -0.2) is 32.1 Å². The molecule has 0 bridgehead atoms. The number of hydrogen-bond acceptors (Lipinski definition) is 4. The Bertz CT molecular complexity index is 449. The number of likely N-dealkylation sites (N-methyl/N-ethyl adjacent to an activating group) is 1. The van der Waals surface area contributed by atoms with Gasteiger partial charge in [0.25, 0.3) is 0 Å². The van der Waals surface area contributed by atoms with Crippen LogP contribution < -0.4 is 10.6 Å². The molecule has 0 aliphatic rings. The van der Waals surface area contributed by atoms with Crippen LogP contribution in [0.25, 0.3) is 0 Å². The molecule has 0 saturated carbocycles. The maximum absolute atomic E-state index is 13.1. The van der Waals surface area contributed by atoms with Crippen molar-refractivity contribution in [3.8, 4) is 0 Å². The van der Waals surface area contributed by atoms with E-state index in [1.165, 1.54) is 13.2 Å². The van der Waals surface area contributed by atoms with Gasteiger partial charge < -0.3 is 15.4 Å². The maximum Gasteiger partial charge on any atom is 0.340 e. The third-order valence-electron chi connectivity index (χ3n) is 2.20. The van der Waals surface area contributed by atoms with Crippen LogP contribution in [-0.2, 0) is 9.53 Å². The smallest absolute Gasteiger partial charge is 0.340 e. The van der Waals surface area contributed by atoms with Crippen molar-refractivity contribution in [1.29, 1.82) is 0 Å². The van der Waals surface area contributed by atoms with Gasteiger partial charge in [0.1, 0.15) is 5.82 Å². The summed E-state index contributed by atoms with van der Waals surface area (Å²) in [5.41, 5.74) is 0.216. The van der Waals surface area contributed by atoms with E-state index in [2.05, 4.69) is 15.4 Å². The Kier molecular flexibility index (Phi) is 5.26. The van der Waals surface area contributed by atoms with Gasteiger partial charge in [-0.3, -0.25) is 4.79 Å². The molecule has 0 aliphatic carbocycles. The van der Waals surface area contributed by atoms with E-state index in [0.29, 0.717) is 6.54 Å². The molecular weight excluding hydrogens is 239 g/mol. The molecule has 98 valence electrons. The van der Waals surface area contributed by atoms with Crippen molar-refractivity contribution in [2.45, 2.75) is 6.92 Å². The number of carbonyl (C=O) groups is 2. The summed E-state index contributed by atoms with van der Waals surface area (Å²) in [6.45, 7) is 2.64. The number of hydrogen-bond donors (Lipinski definition) is 2. The summed E-state index contributed by atoms with van der Waals surface area (Å²) in [6, 6.07) is 3.51. The molecule has 6 heteroatoms. The van der Waals surface area contributed by atoms with E-state index in [-0.39, 0.29) is 23.7 Å². The average Bonchev–Trinajstić information content (AvgIpc) is 2.37. The molecule has 1 rings (SSSR count). The molecule has 1 aromatic rings. The highest BCUT2D eigenvalue weighted by Crippen LogP contribution is 2.17. The molecule has 1 amide bonds. The van der Waals surface area contributed by atoms with E-state index >= 15 is 0 Å². The number of anilines is 1. The third kappa shape index (κ3) is 3.81. The van der Waals surface area contributed by atoms with Crippen molar-refractivity contribution in [2.24, 2.45) is 0 Å². The van der Waals surface area contributed by atoms with Crippen LogP contribution in [0.3, 0.4) is 0 Å². The highest BCUT2D eigenvalue weighted by molar-refractivity contribution is 6.01. The van der Waals surface area contributed by atoms with Crippen LogP contribution in [0.5, 0.6) is 0 Å². The number of halogens is 1. The standard InChI is InChI=1S/C12H15FN2O3/c1-3-14-7-11(16)15-10-5-4-8(13)6-9(10)12(17)18-2/h4-6,14H,3,7H2,1-2H3,(H,15,16). The van der Waals surface area contributed by atoms with Gasteiger partial charge in [-0.15, -0.1) is 0 Å². The van der Waals surface area contributed by atoms with Gasteiger partial charge in [0.05, 0.1) is 24.9 Å². The summed E-state index contributed by atoms with van der Waals surface area (Å²) in [7, 11) is 1.19. The molecule has 0 radical (unpaired) electrons. The molecular formula is C12H15FN2O3. The predicted molar refractivity (Wildman–Crippen MR) is 64.9 cm³/mol. The first-order chi connectivity index (χ1) is 8.58. The lowest BCUT2D eigenvalue weighted by Gasteiger charge is -2.10. The normalized spacial score (nSPS) is 9.94. The topological polar surface area (TPSA) is 67.4 Å². The molecule has 0 aliphatic heterocycles.